The van der Waals surface area contributed by atoms with E-state index in [0.717, 1.165) is 5.56 Å². The average Bonchev–Trinajstić information content (AvgIpc) is 2.66. The van der Waals surface area contributed by atoms with Crippen molar-refractivity contribution in [3.8, 4) is 11.8 Å². The van der Waals surface area contributed by atoms with Crippen LogP contribution in [0.2, 0.25) is 0 Å². The molecule has 6 nitrogen and oxygen atoms in total. The first-order valence-electron chi connectivity index (χ1n) is 7.93. The third-order valence-corrected chi connectivity index (χ3v) is 3.51. The monoisotopic (exact) mass is 350 g/mol. The van der Waals surface area contributed by atoms with E-state index in [1.54, 1.807) is 24.3 Å². The second kappa shape index (κ2) is 9.04. The SMILES string of the molecule is C[C@H](Oc1ccc(/C=C(\C#N)C(=O)NCc2ccccc2)cc1)C(=O)O. The van der Waals surface area contributed by atoms with Gasteiger partial charge in [-0.15, -0.1) is 0 Å². The summed E-state index contributed by atoms with van der Waals surface area (Å²) in [7, 11) is 0. The van der Waals surface area contributed by atoms with Crippen LogP contribution in [0.1, 0.15) is 18.1 Å². The highest BCUT2D eigenvalue weighted by molar-refractivity contribution is 6.01. The van der Waals surface area contributed by atoms with Gasteiger partial charge in [-0.3, -0.25) is 4.79 Å². The van der Waals surface area contributed by atoms with E-state index in [1.807, 2.05) is 36.4 Å². The number of aliphatic carboxylic acids is 1. The molecule has 0 bridgehead atoms. The Morgan fingerprint density at radius 3 is 2.42 bits per heavy atom. The normalized spacial score (nSPS) is 11.9. The van der Waals surface area contributed by atoms with Gasteiger partial charge in [0.1, 0.15) is 17.4 Å². The highest BCUT2D eigenvalue weighted by Crippen LogP contribution is 2.16. The summed E-state index contributed by atoms with van der Waals surface area (Å²) < 4.78 is 5.23. The number of nitrogens with zero attached hydrogens (tertiary/aromatic N) is 1. The molecule has 132 valence electrons. The Hall–Kier alpha value is -3.59. The molecule has 0 aliphatic rings. The summed E-state index contributed by atoms with van der Waals surface area (Å²) in [5.74, 6) is -1.13. The summed E-state index contributed by atoms with van der Waals surface area (Å²) in [5, 5.41) is 20.7. The molecular formula is C20H18N2O4. The van der Waals surface area contributed by atoms with Crippen LogP contribution in [0, 0.1) is 11.3 Å². The van der Waals surface area contributed by atoms with Gasteiger partial charge in [0.15, 0.2) is 6.10 Å². The Labute approximate surface area is 151 Å². The fourth-order valence-corrected chi connectivity index (χ4v) is 2.09. The van der Waals surface area contributed by atoms with Crippen LogP contribution in [0.4, 0.5) is 0 Å². The van der Waals surface area contributed by atoms with Gasteiger partial charge in [-0.2, -0.15) is 5.26 Å². The topological polar surface area (TPSA) is 99.4 Å². The molecule has 0 fully saturated rings. The third-order valence-electron chi connectivity index (χ3n) is 3.51. The van der Waals surface area contributed by atoms with Gasteiger partial charge < -0.3 is 15.2 Å². The zero-order chi connectivity index (χ0) is 18.9. The first kappa shape index (κ1) is 18.7. The van der Waals surface area contributed by atoms with E-state index in [1.165, 1.54) is 13.0 Å². The third kappa shape index (κ3) is 5.49. The first-order chi connectivity index (χ1) is 12.5. The lowest BCUT2D eigenvalue weighted by Crippen LogP contribution is -2.23. The van der Waals surface area contributed by atoms with Crippen LogP contribution >= 0.6 is 0 Å². The summed E-state index contributed by atoms with van der Waals surface area (Å²) >= 11 is 0. The van der Waals surface area contributed by atoms with E-state index in [4.69, 9.17) is 9.84 Å². The number of carboxylic acid groups (broad SMARTS) is 1. The van der Waals surface area contributed by atoms with Gasteiger partial charge in [-0.05, 0) is 36.3 Å². The molecule has 0 heterocycles. The van der Waals surface area contributed by atoms with Gasteiger partial charge in [-0.1, -0.05) is 42.5 Å². The second-order valence-corrected chi connectivity index (χ2v) is 5.51. The molecule has 26 heavy (non-hydrogen) atoms. The number of benzene rings is 2. The van der Waals surface area contributed by atoms with Crippen LogP contribution in [-0.4, -0.2) is 23.1 Å². The summed E-state index contributed by atoms with van der Waals surface area (Å²) in [5.41, 5.74) is 1.55. The standard InChI is InChI=1S/C20H18N2O4/c1-14(20(24)25)26-18-9-7-15(8-10-18)11-17(12-21)19(23)22-13-16-5-3-2-4-6-16/h2-11,14H,13H2,1H3,(H,22,23)(H,24,25)/b17-11+/t14-/m0/s1. The van der Waals surface area contributed by atoms with Crippen LogP contribution in [0.15, 0.2) is 60.2 Å². The molecule has 2 rings (SSSR count). The Balaban J connectivity index is 2.02. The molecule has 0 aliphatic heterocycles. The predicted octanol–water partition coefficient (Wildman–Crippen LogP) is 2.76. The number of amides is 1. The van der Waals surface area contributed by atoms with Crippen molar-refractivity contribution in [2.24, 2.45) is 0 Å². The van der Waals surface area contributed by atoms with Crippen LogP contribution in [-0.2, 0) is 16.1 Å². The molecule has 6 heteroatoms. The minimum Gasteiger partial charge on any atom is -0.479 e. The molecule has 2 aromatic rings. The summed E-state index contributed by atoms with van der Waals surface area (Å²) in [6, 6.07) is 17.7. The molecule has 1 amide bonds. The van der Waals surface area contributed by atoms with Gasteiger partial charge >= 0.3 is 5.97 Å². The van der Waals surface area contributed by atoms with Crippen LogP contribution in [0.3, 0.4) is 0 Å². The van der Waals surface area contributed by atoms with E-state index in [-0.39, 0.29) is 5.57 Å². The molecule has 0 saturated carbocycles. The van der Waals surface area contributed by atoms with E-state index in [2.05, 4.69) is 5.32 Å². The number of ether oxygens (including phenoxy) is 1. The van der Waals surface area contributed by atoms with Gasteiger partial charge in [0.2, 0.25) is 0 Å². The van der Waals surface area contributed by atoms with Gasteiger partial charge in [0, 0.05) is 6.54 Å². The van der Waals surface area contributed by atoms with Crippen molar-refractivity contribution in [3.63, 3.8) is 0 Å². The Morgan fingerprint density at radius 1 is 1.19 bits per heavy atom. The molecule has 2 aromatic carbocycles. The fraction of sp³-hybridized carbons (Fsp3) is 0.150. The largest absolute Gasteiger partial charge is 0.479 e. The highest BCUT2D eigenvalue weighted by atomic mass is 16.5. The number of carbonyl (C=O) groups is 2. The van der Waals surface area contributed by atoms with Gasteiger partial charge in [-0.25, -0.2) is 4.79 Å². The summed E-state index contributed by atoms with van der Waals surface area (Å²) in [6.07, 6.45) is 0.500. The van der Waals surface area contributed by atoms with E-state index in [0.29, 0.717) is 17.9 Å². The Morgan fingerprint density at radius 2 is 1.85 bits per heavy atom. The molecule has 0 unspecified atom stereocenters. The zero-order valence-electron chi connectivity index (χ0n) is 14.2. The van der Waals surface area contributed by atoms with Crippen molar-refractivity contribution in [1.29, 1.82) is 5.26 Å². The van der Waals surface area contributed by atoms with Crippen molar-refractivity contribution in [1.82, 2.24) is 5.32 Å². The molecule has 0 radical (unpaired) electrons. The molecule has 0 saturated heterocycles. The minimum absolute atomic E-state index is 0.0199. The summed E-state index contributed by atoms with van der Waals surface area (Å²) in [4.78, 5) is 22.9. The smallest absolute Gasteiger partial charge is 0.344 e. The fourth-order valence-electron chi connectivity index (χ4n) is 2.09. The maximum absolute atomic E-state index is 12.1. The molecule has 2 N–H and O–H groups in total. The van der Waals surface area contributed by atoms with Crippen LogP contribution in [0.25, 0.3) is 6.08 Å². The van der Waals surface area contributed by atoms with Crippen molar-refractivity contribution in [2.45, 2.75) is 19.6 Å². The van der Waals surface area contributed by atoms with Gasteiger partial charge in [0.25, 0.3) is 5.91 Å². The maximum Gasteiger partial charge on any atom is 0.344 e. The quantitative estimate of drug-likeness (QED) is 0.591. The molecule has 0 aliphatic carbocycles. The maximum atomic E-state index is 12.1. The van der Waals surface area contributed by atoms with Crippen molar-refractivity contribution >= 4 is 18.0 Å². The van der Waals surface area contributed by atoms with E-state index >= 15 is 0 Å². The van der Waals surface area contributed by atoms with Crippen molar-refractivity contribution < 1.29 is 19.4 Å². The number of carboxylic acids is 1. The van der Waals surface area contributed by atoms with Gasteiger partial charge in [0.05, 0.1) is 0 Å². The minimum atomic E-state index is -1.06. The summed E-state index contributed by atoms with van der Waals surface area (Å²) in [6.45, 7) is 1.76. The Kier molecular flexibility index (Phi) is 6.52. The van der Waals surface area contributed by atoms with Crippen LogP contribution in [0.5, 0.6) is 5.75 Å². The number of rotatable bonds is 7. The Bertz CT molecular complexity index is 836. The lowest BCUT2D eigenvalue weighted by atomic mass is 10.1. The van der Waals surface area contributed by atoms with Crippen molar-refractivity contribution in [3.05, 3.63) is 71.3 Å². The molecule has 1 atom stereocenters. The molecule has 0 aromatic heterocycles. The number of nitriles is 1. The van der Waals surface area contributed by atoms with Crippen molar-refractivity contribution in [2.75, 3.05) is 0 Å². The number of carbonyl (C=O) groups excluding carboxylic acids is 1. The number of hydrogen-bond donors (Lipinski definition) is 2. The average molecular weight is 350 g/mol. The highest BCUT2D eigenvalue weighted by Gasteiger charge is 2.12. The molecular weight excluding hydrogens is 332 g/mol. The number of nitrogens with one attached hydrogen (secondary N) is 1. The van der Waals surface area contributed by atoms with E-state index in [9.17, 15) is 14.9 Å². The lowest BCUT2D eigenvalue weighted by molar-refractivity contribution is -0.144. The second-order valence-electron chi connectivity index (χ2n) is 5.51. The molecule has 0 spiro atoms. The first-order valence-corrected chi connectivity index (χ1v) is 7.93. The number of hydrogen-bond acceptors (Lipinski definition) is 4. The lowest BCUT2D eigenvalue weighted by Gasteiger charge is -2.10. The zero-order valence-corrected chi connectivity index (χ0v) is 14.2. The van der Waals surface area contributed by atoms with Crippen LogP contribution < -0.4 is 10.1 Å². The van der Waals surface area contributed by atoms with E-state index < -0.39 is 18.0 Å². The predicted molar refractivity (Wildman–Crippen MR) is 96.0 cm³/mol.